The molecule has 3 heterocycles. The Bertz CT molecular complexity index is 990. The lowest BCUT2D eigenvalue weighted by molar-refractivity contribution is 0.100. The van der Waals surface area contributed by atoms with Gasteiger partial charge in [0.1, 0.15) is 0 Å². The third-order valence-corrected chi connectivity index (χ3v) is 5.34. The lowest BCUT2D eigenvalue weighted by Crippen LogP contribution is -2.34. The van der Waals surface area contributed by atoms with E-state index in [1.54, 1.807) is 24.5 Å². The molecule has 7 heteroatoms. The van der Waals surface area contributed by atoms with E-state index in [0.717, 1.165) is 49.3 Å². The Hall–Kier alpha value is -3.32. The minimum Gasteiger partial charge on any atom is -0.368 e. The van der Waals surface area contributed by atoms with Gasteiger partial charge in [-0.25, -0.2) is 9.97 Å². The van der Waals surface area contributed by atoms with Crippen molar-refractivity contribution in [3.63, 3.8) is 0 Å². The largest absolute Gasteiger partial charge is 0.368 e. The van der Waals surface area contributed by atoms with E-state index in [4.69, 9.17) is 11.5 Å². The van der Waals surface area contributed by atoms with Crippen molar-refractivity contribution in [3.8, 4) is 11.1 Å². The number of carbonyl (C=O) groups excluding carboxylic acids is 1. The number of likely N-dealkylation sites (tertiary alicyclic amines) is 1. The zero-order chi connectivity index (χ0) is 20.2. The number of amides is 1. The van der Waals surface area contributed by atoms with E-state index < -0.39 is 5.91 Å². The fourth-order valence-corrected chi connectivity index (χ4v) is 3.93. The van der Waals surface area contributed by atoms with Gasteiger partial charge in [0.05, 0.1) is 5.69 Å². The molecule has 29 heavy (non-hydrogen) atoms. The summed E-state index contributed by atoms with van der Waals surface area (Å²) in [5.41, 5.74) is 15.8. The summed E-state index contributed by atoms with van der Waals surface area (Å²) in [6, 6.07) is 11.3. The molecular formula is C22H24N6O. The molecule has 2 aromatic heterocycles. The van der Waals surface area contributed by atoms with Crippen molar-refractivity contribution in [1.82, 2.24) is 19.9 Å². The number of rotatable bonds is 5. The summed E-state index contributed by atoms with van der Waals surface area (Å²) in [4.78, 5) is 26.8. The standard InChI is InChI=1S/C22H24N6O/c23-21(29)17-7-5-16(6-8-17)19-12-26-22(24)27-20(19)18-4-2-10-28(14-18)13-15-3-1-9-25-11-15/h1,3,5-9,11-12,18H,2,4,10,13-14H2,(H2,23,29)(H2,24,26,27)/t18-/m0/s1. The van der Waals surface area contributed by atoms with Gasteiger partial charge in [-0.1, -0.05) is 18.2 Å². The smallest absolute Gasteiger partial charge is 0.248 e. The van der Waals surface area contributed by atoms with Crippen LogP contribution in [0.15, 0.2) is 55.0 Å². The van der Waals surface area contributed by atoms with E-state index in [2.05, 4.69) is 25.9 Å². The molecule has 0 unspecified atom stereocenters. The first kappa shape index (κ1) is 19.0. The van der Waals surface area contributed by atoms with E-state index in [-0.39, 0.29) is 11.9 Å². The Labute approximate surface area is 169 Å². The molecular weight excluding hydrogens is 364 g/mol. The zero-order valence-electron chi connectivity index (χ0n) is 16.2. The van der Waals surface area contributed by atoms with Crippen LogP contribution in [0.2, 0.25) is 0 Å². The predicted molar refractivity (Wildman–Crippen MR) is 112 cm³/mol. The Morgan fingerprint density at radius 2 is 2.00 bits per heavy atom. The first-order chi connectivity index (χ1) is 14.1. The third-order valence-electron chi connectivity index (χ3n) is 5.34. The number of hydrogen-bond acceptors (Lipinski definition) is 6. The minimum absolute atomic E-state index is 0.261. The highest BCUT2D eigenvalue weighted by molar-refractivity contribution is 5.93. The fraction of sp³-hybridized carbons (Fsp3) is 0.273. The summed E-state index contributed by atoms with van der Waals surface area (Å²) in [6.07, 6.45) is 7.62. The number of primary amides is 1. The first-order valence-electron chi connectivity index (χ1n) is 9.74. The van der Waals surface area contributed by atoms with Gasteiger partial charge in [0.15, 0.2) is 0 Å². The SMILES string of the molecule is NC(=O)c1ccc(-c2cnc(N)nc2[C@H]2CCCN(Cc3cccnc3)C2)cc1. The van der Waals surface area contributed by atoms with Gasteiger partial charge in [-0.2, -0.15) is 0 Å². The summed E-state index contributed by atoms with van der Waals surface area (Å²) < 4.78 is 0. The third kappa shape index (κ3) is 4.41. The summed E-state index contributed by atoms with van der Waals surface area (Å²) >= 11 is 0. The number of carbonyl (C=O) groups is 1. The molecule has 7 nitrogen and oxygen atoms in total. The molecule has 1 aliphatic heterocycles. The number of aromatic nitrogens is 3. The van der Waals surface area contributed by atoms with Crippen LogP contribution in [-0.4, -0.2) is 38.8 Å². The predicted octanol–water partition coefficient (Wildman–Crippen LogP) is 2.60. The monoisotopic (exact) mass is 388 g/mol. The van der Waals surface area contributed by atoms with Crippen LogP contribution in [0.25, 0.3) is 11.1 Å². The molecule has 148 valence electrons. The summed E-state index contributed by atoms with van der Waals surface area (Å²) in [5.74, 6) is 0.0991. The number of anilines is 1. The van der Waals surface area contributed by atoms with Crippen LogP contribution in [0.1, 0.15) is 40.4 Å². The van der Waals surface area contributed by atoms with Crippen molar-refractivity contribution in [1.29, 1.82) is 0 Å². The molecule has 1 fully saturated rings. The maximum absolute atomic E-state index is 11.4. The maximum atomic E-state index is 11.4. The van der Waals surface area contributed by atoms with Gasteiger partial charge < -0.3 is 11.5 Å². The van der Waals surface area contributed by atoms with Crippen LogP contribution >= 0.6 is 0 Å². The number of benzene rings is 1. The van der Waals surface area contributed by atoms with Crippen molar-refractivity contribution in [3.05, 3.63) is 71.8 Å². The highest BCUT2D eigenvalue weighted by Crippen LogP contribution is 2.33. The molecule has 1 atom stereocenters. The van der Waals surface area contributed by atoms with E-state index in [0.29, 0.717) is 5.56 Å². The number of piperidine rings is 1. The molecule has 0 spiro atoms. The molecule has 4 rings (SSSR count). The van der Waals surface area contributed by atoms with Crippen LogP contribution in [0.5, 0.6) is 0 Å². The number of pyridine rings is 1. The highest BCUT2D eigenvalue weighted by atomic mass is 16.1. The quantitative estimate of drug-likeness (QED) is 0.695. The molecule has 0 radical (unpaired) electrons. The van der Waals surface area contributed by atoms with Gasteiger partial charge in [0.25, 0.3) is 0 Å². The van der Waals surface area contributed by atoms with Crippen molar-refractivity contribution < 1.29 is 4.79 Å². The molecule has 0 aliphatic carbocycles. The molecule has 1 saturated heterocycles. The average molecular weight is 388 g/mol. The van der Waals surface area contributed by atoms with E-state index in [9.17, 15) is 4.79 Å². The number of nitrogens with two attached hydrogens (primary N) is 2. The average Bonchev–Trinajstić information content (AvgIpc) is 2.75. The van der Waals surface area contributed by atoms with Crippen molar-refractivity contribution in [2.24, 2.45) is 5.73 Å². The molecule has 0 bridgehead atoms. The van der Waals surface area contributed by atoms with E-state index in [1.807, 2.05) is 24.4 Å². The Morgan fingerprint density at radius 1 is 1.17 bits per heavy atom. The van der Waals surface area contributed by atoms with Gasteiger partial charge in [0.2, 0.25) is 11.9 Å². The Balaban J connectivity index is 1.60. The zero-order valence-corrected chi connectivity index (χ0v) is 16.2. The first-order valence-corrected chi connectivity index (χ1v) is 9.74. The topological polar surface area (TPSA) is 111 Å². The molecule has 1 amide bonds. The van der Waals surface area contributed by atoms with E-state index in [1.165, 1.54) is 5.56 Å². The maximum Gasteiger partial charge on any atom is 0.248 e. The second kappa shape index (κ2) is 8.36. The van der Waals surface area contributed by atoms with Gasteiger partial charge in [0, 0.05) is 48.7 Å². The fourth-order valence-electron chi connectivity index (χ4n) is 3.93. The van der Waals surface area contributed by atoms with Gasteiger partial charge >= 0.3 is 0 Å². The van der Waals surface area contributed by atoms with Crippen molar-refractivity contribution >= 4 is 11.9 Å². The molecule has 3 aromatic rings. The van der Waals surface area contributed by atoms with Crippen LogP contribution < -0.4 is 11.5 Å². The second-order valence-corrected chi connectivity index (χ2v) is 7.40. The minimum atomic E-state index is -0.441. The van der Waals surface area contributed by atoms with Crippen LogP contribution in [0.3, 0.4) is 0 Å². The molecule has 4 N–H and O–H groups in total. The summed E-state index contributed by atoms with van der Waals surface area (Å²) in [5, 5.41) is 0. The lowest BCUT2D eigenvalue weighted by Gasteiger charge is -2.33. The van der Waals surface area contributed by atoms with Gasteiger partial charge in [-0.15, -0.1) is 0 Å². The lowest BCUT2D eigenvalue weighted by atomic mass is 9.89. The van der Waals surface area contributed by atoms with Crippen molar-refractivity contribution in [2.75, 3.05) is 18.8 Å². The second-order valence-electron chi connectivity index (χ2n) is 7.40. The van der Waals surface area contributed by atoms with Crippen molar-refractivity contribution in [2.45, 2.75) is 25.3 Å². The van der Waals surface area contributed by atoms with Gasteiger partial charge in [-0.3, -0.25) is 14.7 Å². The highest BCUT2D eigenvalue weighted by Gasteiger charge is 2.25. The molecule has 1 aliphatic rings. The van der Waals surface area contributed by atoms with Crippen LogP contribution in [0, 0.1) is 0 Å². The van der Waals surface area contributed by atoms with E-state index >= 15 is 0 Å². The Kier molecular flexibility index (Phi) is 5.48. The summed E-state index contributed by atoms with van der Waals surface area (Å²) in [6.45, 7) is 2.82. The molecule has 0 saturated carbocycles. The normalized spacial score (nSPS) is 17.2. The van der Waals surface area contributed by atoms with Crippen LogP contribution in [0.4, 0.5) is 5.95 Å². The Morgan fingerprint density at radius 3 is 2.72 bits per heavy atom. The number of hydrogen-bond donors (Lipinski definition) is 2. The number of nitrogens with zero attached hydrogens (tertiary/aromatic N) is 4. The van der Waals surface area contributed by atoms with Gasteiger partial charge in [-0.05, 0) is 48.7 Å². The summed E-state index contributed by atoms with van der Waals surface area (Å²) in [7, 11) is 0. The molecule has 1 aromatic carbocycles. The van der Waals surface area contributed by atoms with Crippen LogP contribution in [-0.2, 0) is 6.54 Å². The number of nitrogen functional groups attached to an aromatic ring is 1.